The van der Waals surface area contributed by atoms with Crippen LogP contribution in [-0.2, 0) is 12.8 Å². The van der Waals surface area contributed by atoms with E-state index in [4.69, 9.17) is 9.97 Å². The van der Waals surface area contributed by atoms with E-state index in [0.717, 1.165) is 35.7 Å². The molecule has 0 unspecified atom stereocenters. The van der Waals surface area contributed by atoms with Crippen LogP contribution in [-0.4, -0.2) is 9.97 Å². The summed E-state index contributed by atoms with van der Waals surface area (Å²) in [5.74, 6) is 3.00. The summed E-state index contributed by atoms with van der Waals surface area (Å²) in [7, 11) is 0. The van der Waals surface area contributed by atoms with Gasteiger partial charge >= 0.3 is 0 Å². The maximum Gasteiger partial charge on any atom is 0.0968 e. The van der Waals surface area contributed by atoms with E-state index in [1.165, 1.54) is 46.1 Å². The lowest BCUT2D eigenvalue weighted by molar-refractivity contribution is 0.0170. The van der Waals surface area contributed by atoms with Crippen LogP contribution in [0.3, 0.4) is 0 Å². The summed E-state index contributed by atoms with van der Waals surface area (Å²) in [6, 6.07) is 9.46. The van der Waals surface area contributed by atoms with Crippen molar-refractivity contribution < 1.29 is 0 Å². The van der Waals surface area contributed by atoms with Crippen molar-refractivity contribution in [1.82, 2.24) is 9.97 Å². The molecule has 2 heterocycles. The highest BCUT2D eigenvalue weighted by molar-refractivity contribution is 6.03. The molecule has 142 valence electrons. The van der Waals surface area contributed by atoms with Crippen molar-refractivity contribution in [2.75, 3.05) is 0 Å². The smallest absolute Gasteiger partial charge is 0.0968 e. The lowest BCUT2D eigenvalue weighted by Crippen LogP contribution is -2.48. The van der Waals surface area contributed by atoms with Crippen LogP contribution < -0.4 is 0 Å². The molecule has 2 nitrogen and oxygen atoms in total. The highest BCUT2D eigenvalue weighted by atomic mass is 14.8. The van der Waals surface area contributed by atoms with Crippen molar-refractivity contribution >= 4 is 21.8 Å². The van der Waals surface area contributed by atoms with Gasteiger partial charge in [-0.3, -0.25) is 9.97 Å². The van der Waals surface area contributed by atoms with E-state index < -0.39 is 0 Å². The molecule has 2 saturated carbocycles. The first-order valence-electron chi connectivity index (χ1n) is 11.1. The second-order valence-corrected chi connectivity index (χ2v) is 11.3. The molecular weight excluding hydrogens is 340 g/mol. The van der Waals surface area contributed by atoms with Gasteiger partial charge in [0, 0.05) is 22.2 Å². The van der Waals surface area contributed by atoms with Gasteiger partial charge in [-0.15, -0.1) is 0 Å². The van der Waals surface area contributed by atoms with Gasteiger partial charge in [0.15, 0.2) is 0 Å². The van der Waals surface area contributed by atoms with E-state index in [1.807, 2.05) is 0 Å². The van der Waals surface area contributed by atoms with Crippen LogP contribution in [0.2, 0.25) is 0 Å². The van der Waals surface area contributed by atoms with E-state index in [2.05, 4.69) is 52.0 Å². The van der Waals surface area contributed by atoms with Gasteiger partial charge in [0.05, 0.1) is 11.0 Å². The van der Waals surface area contributed by atoms with E-state index in [9.17, 15) is 0 Å². The van der Waals surface area contributed by atoms with Crippen LogP contribution in [0.15, 0.2) is 24.3 Å². The molecular formula is C26H28N2. The van der Waals surface area contributed by atoms with Crippen LogP contribution in [0.25, 0.3) is 21.8 Å². The fraction of sp³-hybridized carbons (Fsp3) is 0.538. The second-order valence-electron chi connectivity index (χ2n) is 11.3. The Kier molecular flexibility index (Phi) is 2.62. The Morgan fingerprint density at radius 3 is 1.54 bits per heavy atom. The molecule has 0 N–H and O–H groups in total. The Morgan fingerprint density at radius 1 is 0.714 bits per heavy atom. The average Bonchev–Trinajstić information content (AvgIpc) is 2.69. The molecule has 0 radical (unpaired) electrons. The molecule has 6 aliphatic carbocycles. The fourth-order valence-corrected chi connectivity index (χ4v) is 7.16. The van der Waals surface area contributed by atoms with Crippen molar-refractivity contribution in [3.63, 3.8) is 0 Å². The third kappa shape index (κ3) is 1.68. The Balaban J connectivity index is 1.45. The van der Waals surface area contributed by atoms with Gasteiger partial charge in [0.25, 0.3) is 0 Å². The molecule has 6 aliphatic rings. The summed E-state index contributed by atoms with van der Waals surface area (Å²) < 4.78 is 0. The normalized spacial score (nSPS) is 33.0. The Morgan fingerprint density at radius 2 is 1.14 bits per heavy atom. The quantitative estimate of drug-likeness (QED) is 0.444. The number of aromatic nitrogens is 2. The Labute approximate surface area is 166 Å². The minimum absolute atomic E-state index is 0.449. The van der Waals surface area contributed by atoms with Crippen LogP contribution in [0.5, 0.6) is 0 Å². The SMILES string of the molecule is CC1(C)[C@@H]2Cc3nc4c(ccc5cc6c(nc54)C[C@@H]4C[C@H]6C4(C)C)cc3[C@H]1C2. The Hall–Kier alpha value is -1.96. The van der Waals surface area contributed by atoms with Crippen LogP contribution >= 0.6 is 0 Å². The summed E-state index contributed by atoms with van der Waals surface area (Å²) in [5, 5.41) is 2.56. The van der Waals surface area contributed by atoms with Gasteiger partial charge < -0.3 is 0 Å². The van der Waals surface area contributed by atoms with Gasteiger partial charge in [0.1, 0.15) is 0 Å². The number of nitrogens with zero attached hydrogens (tertiary/aromatic N) is 2. The maximum atomic E-state index is 5.24. The molecule has 0 saturated heterocycles. The van der Waals surface area contributed by atoms with Gasteiger partial charge in [-0.05, 0) is 83.4 Å². The molecule has 0 amide bonds. The lowest BCUT2D eigenvalue weighted by atomic mass is 9.48. The van der Waals surface area contributed by atoms with Crippen molar-refractivity contribution in [2.45, 2.75) is 65.2 Å². The summed E-state index contributed by atoms with van der Waals surface area (Å²) in [6.45, 7) is 9.78. The first kappa shape index (κ1) is 15.9. The zero-order valence-electron chi connectivity index (χ0n) is 17.3. The van der Waals surface area contributed by atoms with Crippen molar-refractivity contribution in [3.05, 3.63) is 46.8 Å². The van der Waals surface area contributed by atoms with E-state index >= 15 is 0 Å². The summed E-state index contributed by atoms with van der Waals surface area (Å²) in [5.41, 5.74) is 8.90. The molecule has 0 spiro atoms. The van der Waals surface area contributed by atoms with Gasteiger partial charge in [-0.1, -0.05) is 39.8 Å². The number of fused-ring (bicyclic) bond motifs is 3. The number of hydrogen-bond donors (Lipinski definition) is 0. The van der Waals surface area contributed by atoms with E-state index in [-0.39, 0.29) is 0 Å². The van der Waals surface area contributed by atoms with Crippen molar-refractivity contribution in [2.24, 2.45) is 22.7 Å². The largest absolute Gasteiger partial charge is 0.250 e. The summed E-state index contributed by atoms with van der Waals surface area (Å²) in [4.78, 5) is 10.5. The van der Waals surface area contributed by atoms with E-state index in [1.54, 1.807) is 0 Å². The maximum absolute atomic E-state index is 5.24. The highest BCUT2D eigenvalue weighted by Crippen LogP contribution is 2.63. The number of benzene rings is 1. The van der Waals surface area contributed by atoms with Crippen molar-refractivity contribution in [3.8, 4) is 0 Å². The molecule has 9 rings (SSSR count). The predicted octanol–water partition coefficient (Wildman–Crippen LogP) is 6.15. The fourth-order valence-electron chi connectivity index (χ4n) is 7.16. The minimum Gasteiger partial charge on any atom is -0.250 e. The minimum atomic E-state index is 0.449. The average molecular weight is 369 g/mol. The number of hydrogen-bond acceptors (Lipinski definition) is 2. The molecule has 2 aromatic heterocycles. The molecule has 1 aromatic carbocycles. The number of rotatable bonds is 0. The first-order chi connectivity index (χ1) is 13.3. The zero-order chi connectivity index (χ0) is 19.0. The summed E-state index contributed by atoms with van der Waals surface area (Å²) in [6.07, 6.45) is 5.00. The topological polar surface area (TPSA) is 25.8 Å². The predicted molar refractivity (Wildman–Crippen MR) is 114 cm³/mol. The monoisotopic (exact) mass is 368 g/mol. The first-order valence-corrected chi connectivity index (χ1v) is 11.1. The Bertz CT molecular complexity index is 1110. The third-order valence-electron chi connectivity index (χ3n) is 9.57. The molecule has 2 fully saturated rings. The zero-order valence-corrected chi connectivity index (χ0v) is 17.3. The highest BCUT2D eigenvalue weighted by Gasteiger charge is 2.54. The van der Waals surface area contributed by atoms with Crippen LogP contribution in [0.4, 0.5) is 0 Å². The van der Waals surface area contributed by atoms with Crippen LogP contribution in [0, 0.1) is 22.7 Å². The van der Waals surface area contributed by atoms with Crippen LogP contribution in [0.1, 0.15) is 74.9 Å². The lowest BCUT2D eigenvalue weighted by Gasteiger charge is -2.57. The van der Waals surface area contributed by atoms with Gasteiger partial charge in [-0.2, -0.15) is 0 Å². The van der Waals surface area contributed by atoms with E-state index in [0.29, 0.717) is 22.7 Å². The van der Waals surface area contributed by atoms with Gasteiger partial charge in [0.2, 0.25) is 0 Å². The molecule has 3 aromatic rings. The molecule has 0 aliphatic heterocycles. The third-order valence-corrected chi connectivity index (χ3v) is 9.57. The summed E-state index contributed by atoms with van der Waals surface area (Å²) >= 11 is 0. The molecule has 4 atom stereocenters. The van der Waals surface area contributed by atoms with Gasteiger partial charge in [-0.25, -0.2) is 0 Å². The molecule has 28 heavy (non-hydrogen) atoms. The van der Waals surface area contributed by atoms with Crippen molar-refractivity contribution in [1.29, 1.82) is 0 Å². The molecule has 4 bridgehead atoms. The number of pyridine rings is 2. The molecule has 2 heteroatoms. The second kappa shape index (κ2) is 4.61. The standard InChI is InChI=1S/C26H28N2/c1-25(2)15-9-19(25)17-7-13-5-6-14-8-18-20-10-16(26(20,3)4)12-22(18)28-24(14)23(13)27-21(17)11-15/h5-8,15-16,19-20H,9-12H2,1-4H3/t15-,16-,19+,20+/m0/s1.